The summed E-state index contributed by atoms with van der Waals surface area (Å²) in [6.07, 6.45) is -0.282. The highest BCUT2D eigenvalue weighted by molar-refractivity contribution is 5.99. The number of nitrogens with zero attached hydrogens (tertiary/aromatic N) is 1. The summed E-state index contributed by atoms with van der Waals surface area (Å²) in [6, 6.07) is 13.2. The van der Waals surface area contributed by atoms with E-state index in [4.69, 9.17) is 4.74 Å². The summed E-state index contributed by atoms with van der Waals surface area (Å²) in [5, 5.41) is 10.8. The van der Waals surface area contributed by atoms with E-state index in [-0.39, 0.29) is 17.9 Å². The summed E-state index contributed by atoms with van der Waals surface area (Å²) in [7, 11) is 0. The number of benzene rings is 2. The van der Waals surface area contributed by atoms with E-state index in [1.165, 1.54) is 12.1 Å². The number of non-ortho nitro benzene ring substituents is 1. The summed E-state index contributed by atoms with van der Waals surface area (Å²) in [4.78, 5) is 22.4. The summed E-state index contributed by atoms with van der Waals surface area (Å²) in [5.74, 6) is 0.517. The van der Waals surface area contributed by atoms with Crippen LogP contribution in [-0.2, 0) is 0 Å². The van der Waals surface area contributed by atoms with Crippen LogP contribution in [0.3, 0.4) is 0 Å². The van der Waals surface area contributed by atoms with Gasteiger partial charge in [0.2, 0.25) is 0 Å². The molecule has 2 aromatic carbocycles. The number of ether oxygens (including phenoxy) is 1. The summed E-state index contributed by atoms with van der Waals surface area (Å²) in [5.41, 5.74) is 1.20. The maximum atomic E-state index is 12.1. The molecule has 0 N–H and O–H groups in total. The average Bonchev–Trinajstić information content (AvgIpc) is 2.47. The highest BCUT2D eigenvalue weighted by Crippen LogP contribution is 2.35. The van der Waals surface area contributed by atoms with Crippen molar-refractivity contribution in [3.63, 3.8) is 0 Å². The van der Waals surface area contributed by atoms with Gasteiger partial charge < -0.3 is 4.74 Å². The first-order valence-corrected chi connectivity index (χ1v) is 6.18. The Morgan fingerprint density at radius 1 is 1.15 bits per heavy atom. The van der Waals surface area contributed by atoms with Crippen molar-refractivity contribution in [2.45, 2.75) is 12.5 Å². The molecule has 1 aliphatic heterocycles. The fourth-order valence-corrected chi connectivity index (χ4v) is 2.30. The Morgan fingerprint density at radius 2 is 1.95 bits per heavy atom. The van der Waals surface area contributed by atoms with E-state index in [9.17, 15) is 14.9 Å². The number of fused-ring (bicyclic) bond motifs is 1. The van der Waals surface area contributed by atoms with Crippen molar-refractivity contribution >= 4 is 11.5 Å². The number of para-hydroxylation sites is 1. The molecule has 0 amide bonds. The lowest BCUT2D eigenvalue weighted by Crippen LogP contribution is -2.20. The molecule has 1 aliphatic rings. The molecular formula is C15H11NO4. The van der Waals surface area contributed by atoms with E-state index in [1.54, 1.807) is 36.4 Å². The molecule has 0 saturated heterocycles. The standard InChI is InChI=1S/C15H11NO4/c17-13-9-15(20-14-7-2-1-6-12(13)14)10-4-3-5-11(8-10)16(18)19/h1-8,15H,9H2/t15-/m1/s1. The molecule has 1 heterocycles. The smallest absolute Gasteiger partial charge is 0.269 e. The Morgan fingerprint density at radius 3 is 2.75 bits per heavy atom. The quantitative estimate of drug-likeness (QED) is 0.619. The predicted octanol–water partition coefficient (Wildman–Crippen LogP) is 3.30. The van der Waals surface area contributed by atoms with Gasteiger partial charge in [-0.15, -0.1) is 0 Å². The molecular weight excluding hydrogens is 258 g/mol. The minimum atomic E-state index is -0.475. The molecule has 2 aromatic rings. The third-order valence-electron chi connectivity index (χ3n) is 3.28. The van der Waals surface area contributed by atoms with E-state index in [1.807, 2.05) is 0 Å². The highest BCUT2D eigenvalue weighted by Gasteiger charge is 2.27. The monoisotopic (exact) mass is 269 g/mol. The number of nitro groups is 1. The van der Waals surface area contributed by atoms with E-state index in [0.717, 1.165) is 0 Å². The van der Waals surface area contributed by atoms with Gasteiger partial charge >= 0.3 is 0 Å². The van der Waals surface area contributed by atoms with Gasteiger partial charge in [0.05, 0.1) is 16.9 Å². The van der Waals surface area contributed by atoms with Gasteiger partial charge in [0.1, 0.15) is 11.9 Å². The number of rotatable bonds is 2. The molecule has 0 saturated carbocycles. The van der Waals surface area contributed by atoms with Crippen LogP contribution in [0.15, 0.2) is 48.5 Å². The van der Waals surface area contributed by atoms with Gasteiger partial charge in [-0.3, -0.25) is 14.9 Å². The lowest BCUT2D eigenvalue weighted by Gasteiger charge is -2.25. The number of hydrogen-bond donors (Lipinski definition) is 0. The minimum absolute atomic E-state index is 0.00240. The molecule has 1 atom stereocenters. The van der Waals surface area contributed by atoms with E-state index >= 15 is 0 Å². The van der Waals surface area contributed by atoms with Crippen LogP contribution < -0.4 is 4.74 Å². The molecule has 3 rings (SSSR count). The van der Waals surface area contributed by atoms with Gasteiger partial charge in [-0.2, -0.15) is 0 Å². The molecule has 20 heavy (non-hydrogen) atoms. The number of nitro benzene ring substituents is 1. The number of hydrogen-bond acceptors (Lipinski definition) is 4. The second-order valence-corrected chi connectivity index (χ2v) is 4.58. The fraction of sp³-hybridized carbons (Fsp3) is 0.133. The molecule has 0 spiro atoms. The van der Waals surface area contributed by atoms with Crippen molar-refractivity contribution in [3.8, 4) is 5.75 Å². The Labute approximate surface area is 115 Å². The molecule has 0 fully saturated rings. The fourth-order valence-electron chi connectivity index (χ4n) is 2.30. The SMILES string of the molecule is O=C1C[C@H](c2cccc([N+](=O)[O-])c2)Oc2ccccc21. The highest BCUT2D eigenvalue weighted by atomic mass is 16.6. The number of carbonyl (C=O) groups is 1. The van der Waals surface area contributed by atoms with Gasteiger partial charge in [-0.25, -0.2) is 0 Å². The van der Waals surface area contributed by atoms with Crippen LogP contribution in [-0.4, -0.2) is 10.7 Å². The molecule has 5 nitrogen and oxygen atoms in total. The normalized spacial score (nSPS) is 17.2. The Hall–Kier alpha value is -2.69. The summed E-state index contributed by atoms with van der Waals surface area (Å²) >= 11 is 0. The van der Waals surface area contributed by atoms with Crippen LogP contribution in [0.25, 0.3) is 0 Å². The van der Waals surface area contributed by atoms with E-state index < -0.39 is 11.0 Å². The Kier molecular flexibility index (Phi) is 2.95. The van der Waals surface area contributed by atoms with Crippen LogP contribution in [0.1, 0.15) is 28.4 Å². The second kappa shape index (κ2) is 4.77. The van der Waals surface area contributed by atoms with Crippen molar-refractivity contribution in [3.05, 3.63) is 69.8 Å². The number of Topliss-reactive ketones (excluding diaryl/α,β-unsaturated/α-hetero) is 1. The molecule has 0 aliphatic carbocycles. The first kappa shape index (κ1) is 12.3. The lowest BCUT2D eigenvalue weighted by molar-refractivity contribution is -0.385. The van der Waals surface area contributed by atoms with Crippen molar-refractivity contribution in [1.29, 1.82) is 0 Å². The molecule has 5 heteroatoms. The van der Waals surface area contributed by atoms with Crippen molar-refractivity contribution in [2.75, 3.05) is 0 Å². The van der Waals surface area contributed by atoms with E-state index in [0.29, 0.717) is 16.9 Å². The maximum absolute atomic E-state index is 12.1. The largest absolute Gasteiger partial charge is 0.484 e. The van der Waals surface area contributed by atoms with Crippen LogP contribution in [0.2, 0.25) is 0 Å². The van der Waals surface area contributed by atoms with Gasteiger partial charge in [0.15, 0.2) is 5.78 Å². The molecule has 0 unspecified atom stereocenters. The average molecular weight is 269 g/mol. The maximum Gasteiger partial charge on any atom is 0.269 e. The van der Waals surface area contributed by atoms with Gasteiger partial charge in [-0.05, 0) is 17.7 Å². The zero-order valence-corrected chi connectivity index (χ0v) is 10.5. The zero-order chi connectivity index (χ0) is 14.1. The van der Waals surface area contributed by atoms with Crippen LogP contribution in [0, 0.1) is 10.1 Å². The predicted molar refractivity (Wildman–Crippen MR) is 71.9 cm³/mol. The molecule has 0 radical (unpaired) electrons. The van der Waals surface area contributed by atoms with Gasteiger partial charge in [-0.1, -0.05) is 24.3 Å². The van der Waals surface area contributed by atoms with Gasteiger partial charge in [0.25, 0.3) is 5.69 Å². The first-order valence-electron chi connectivity index (χ1n) is 6.18. The molecule has 0 bridgehead atoms. The van der Waals surface area contributed by atoms with E-state index in [2.05, 4.69) is 0 Å². The van der Waals surface area contributed by atoms with Crippen molar-refractivity contribution < 1.29 is 14.5 Å². The Bertz CT molecular complexity index is 696. The lowest BCUT2D eigenvalue weighted by atomic mass is 9.96. The van der Waals surface area contributed by atoms with Gasteiger partial charge in [0, 0.05) is 12.1 Å². The topological polar surface area (TPSA) is 69.4 Å². The van der Waals surface area contributed by atoms with Crippen LogP contribution in [0.5, 0.6) is 5.75 Å². The number of carbonyl (C=O) groups excluding carboxylic acids is 1. The van der Waals surface area contributed by atoms with Crippen molar-refractivity contribution in [2.24, 2.45) is 0 Å². The third-order valence-corrected chi connectivity index (χ3v) is 3.28. The third kappa shape index (κ3) is 2.14. The van der Waals surface area contributed by atoms with Crippen LogP contribution in [0.4, 0.5) is 5.69 Å². The first-order chi connectivity index (χ1) is 9.65. The summed E-state index contributed by atoms with van der Waals surface area (Å²) < 4.78 is 5.78. The zero-order valence-electron chi connectivity index (χ0n) is 10.5. The van der Waals surface area contributed by atoms with Crippen LogP contribution >= 0.6 is 0 Å². The van der Waals surface area contributed by atoms with Crippen molar-refractivity contribution in [1.82, 2.24) is 0 Å². The molecule has 0 aromatic heterocycles. The number of ketones is 1. The molecule has 100 valence electrons. The summed E-state index contributed by atoms with van der Waals surface area (Å²) in [6.45, 7) is 0. The second-order valence-electron chi connectivity index (χ2n) is 4.58. The minimum Gasteiger partial charge on any atom is -0.484 e. The Balaban J connectivity index is 1.95.